The topological polar surface area (TPSA) is 74.1 Å². The van der Waals surface area contributed by atoms with Gasteiger partial charge in [0.1, 0.15) is 17.4 Å². The Labute approximate surface area is 162 Å². The van der Waals surface area contributed by atoms with Crippen LogP contribution in [0.15, 0.2) is 54.2 Å². The van der Waals surface area contributed by atoms with Crippen LogP contribution < -0.4 is 15.4 Å². The first-order valence-electron chi connectivity index (χ1n) is 7.76. The van der Waals surface area contributed by atoms with Crippen molar-refractivity contribution in [2.75, 3.05) is 19.0 Å². The average molecular weight is 390 g/mol. The van der Waals surface area contributed by atoms with Crippen molar-refractivity contribution < 1.29 is 9.53 Å². The van der Waals surface area contributed by atoms with E-state index in [-0.39, 0.29) is 5.57 Å². The Morgan fingerprint density at radius 3 is 2.54 bits per heavy atom. The van der Waals surface area contributed by atoms with Crippen LogP contribution in [-0.2, 0) is 11.2 Å². The van der Waals surface area contributed by atoms with Crippen molar-refractivity contribution in [3.8, 4) is 11.8 Å². The maximum absolute atomic E-state index is 12.1. The predicted molar refractivity (Wildman–Crippen MR) is 103 cm³/mol. The van der Waals surface area contributed by atoms with E-state index >= 15 is 0 Å². The lowest BCUT2D eigenvalue weighted by molar-refractivity contribution is -0.112. The molecular formula is C19H17Cl2N3O2. The van der Waals surface area contributed by atoms with E-state index in [1.54, 1.807) is 19.2 Å². The first kappa shape index (κ1) is 19.6. The number of benzene rings is 2. The number of carbonyl (C=O) groups is 1. The Hall–Kier alpha value is -2.68. The molecule has 0 saturated heterocycles. The van der Waals surface area contributed by atoms with Gasteiger partial charge >= 0.3 is 0 Å². The number of hydrogen-bond donors (Lipinski definition) is 2. The van der Waals surface area contributed by atoms with Gasteiger partial charge in [0.25, 0.3) is 5.91 Å². The molecule has 26 heavy (non-hydrogen) atoms. The van der Waals surface area contributed by atoms with Crippen molar-refractivity contribution in [3.05, 3.63) is 69.8 Å². The van der Waals surface area contributed by atoms with Gasteiger partial charge in [0.2, 0.25) is 0 Å². The zero-order valence-electron chi connectivity index (χ0n) is 14.1. The summed E-state index contributed by atoms with van der Waals surface area (Å²) in [4.78, 5) is 12.1. The fourth-order valence-electron chi connectivity index (χ4n) is 2.10. The van der Waals surface area contributed by atoms with Gasteiger partial charge in [0.05, 0.1) is 17.2 Å². The molecule has 2 N–H and O–H groups in total. The van der Waals surface area contributed by atoms with Gasteiger partial charge in [-0.25, -0.2) is 0 Å². The molecule has 0 fully saturated rings. The summed E-state index contributed by atoms with van der Waals surface area (Å²) < 4.78 is 5.11. The molecule has 0 aliphatic heterocycles. The molecule has 0 radical (unpaired) electrons. The number of rotatable bonds is 7. The van der Waals surface area contributed by atoms with Crippen LogP contribution in [0.4, 0.5) is 5.69 Å². The Morgan fingerprint density at radius 2 is 1.92 bits per heavy atom. The number of anilines is 1. The number of ether oxygens (including phenoxy) is 1. The summed E-state index contributed by atoms with van der Waals surface area (Å²) in [6.07, 6.45) is 2.14. The molecule has 0 saturated carbocycles. The lowest BCUT2D eigenvalue weighted by Crippen LogP contribution is -2.18. The van der Waals surface area contributed by atoms with Crippen molar-refractivity contribution in [1.82, 2.24) is 5.32 Å². The lowest BCUT2D eigenvalue weighted by atomic mass is 10.1. The van der Waals surface area contributed by atoms with E-state index < -0.39 is 5.91 Å². The van der Waals surface area contributed by atoms with Crippen molar-refractivity contribution >= 4 is 34.8 Å². The van der Waals surface area contributed by atoms with Gasteiger partial charge in [-0.05, 0) is 42.3 Å². The molecule has 134 valence electrons. The summed E-state index contributed by atoms with van der Waals surface area (Å²) in [7, 11) is 1.62. The van der Waals surface area contributed by atoms with Crippen LogP contribution in [0.5, 0.6) is 5.75 Å². The van der Waals surface area contributed by atoms with E-state index in [2.05, 4.69) is 10.6 Å². The molecule has 2 aromatic rings. The molecule has 5 nitrogen and oxygen atoms in total. The highest BCUT2D eigenvalue weighted by atomic mass is 35.5. The monoisotopic (exact) mass is 389 g/mol. The van der Waals surface area contributed by atoms with Crippen LogP contribution in [0.1, 0.15) is 5.56 Å². The quantitative estimate of drug-likeness (QED) is 0.423. The van der Waals surface area contributed by atoms with Crippen LogP contribution in [0.2, 0.25) is 10.0 Å². The SMILES string of the molecule is COc1ccc(CCN/C=C(/C#N)C(=O)Nc2ccc(Cl)c(Cl)c2)cc1. The van der Waals surface area contributed by atoms with Gasteiger partial charge in [0, 0.05) is 18.4 Å². The zero-order chi connectivity index (χ0) is 18.9. The molecule has 0 unspecified atom stereocenters. The van der Waals surface area contributed by atoms with Crippen LogP contribution in [0, 0.1) is 11.3 Å². The van der Waals surface area contributed by atoms with Gasteiger partial charge in [0.15, 0.2) is 0 Å². The standard InChI is InChI=1S/C19H17Cl2N3O2/c1-26-16-5-2-13(3-6-16)8-9-23-12-14(11-22)19(25)24-15-4-7-17(20)18(21)10-15/h2-7,10,12,23H,8-9H2,1H3,(H,24,25)/b14-12-. The highest BCUT2D eigenvalue weighted by Crippen LogP contribution is 2.25. The van der Waals surface area contributed by atoms with Crippen LogP contribution in [0.3, 0.4) is 0 Å². The summed E-state index contributed by atoms with van der Waals surface area (Å²) >= 11 is 11.7. The molecule has 2 aromatic carbocycles. The maximum atomic E-state index is 12.1. The first-order valence-corrected chi connectivity index (χ1v) is 8.52. The molecule has 0 atom stereocenters. The summed E-state index contributed by atoms with van der Waals surface area (Å²) in [6, 6.07) is 14.3. The molecule has 1 amide bonds. The van der Waals surface area contributed by atoms with E-state index in [1.165, 1.54) is 12.3 Å². The second kappa shape index (κ2) is 9.71. The predicted octanol–water partition coefficient (Wildman–Crippen LogP) is 4.18. The number of carbonyl (C=O) groups excluding carboxylic acids is 1. The van der Waals surface area contributed by atoms with Crippen molar-refractivity contribution in [3.63, 3.8) is 0 Å². The summed E-state index contributed by atoms with van der Waals surface area (Å²) in [5, 5.41) is 15.5. The summed E-state index contributed by atoms with van der Waals surface area (Å²) in [6.45, 7) is 0.581. The van der Waals surface area contributed by atoms with Gasteiger partial charge in [-0.1, -0.05) is 35.3 Å². The molecule has 0 spiro atoms. The molecule has 0 heterocycles. The fraction of sp³-hybridized carbons (Fsp3) is 0.158. The Kier molecular flexibility index (Phi) is 7.34. The minimum Gasteiger partial charge on any atom is -0.497 e. The molecule has 0 aliphatic rings. The summed E-state index contributed by atoms with van der Waals surface area (Å²) in [5.74, 6) is 0.273. The third kappa shape index (κ3) is 5.69. The van der Waals surface area contributed by atoms with E-state index in [0.717, 1.165) is 17.7 Å². The smallest absolute Gasteiger partial charge is 0.267 e. The lowest BCUT2D eigenvalue weighted by Gasteiger charge is -2.07. The third-order valence-electron chi connectivity index (χ3n) is 3.51. The molecule has 0 bridgehead atoms. The fourth-order valence-corrected chi connectivity index (χ4v) is 2.40. The van der Waals surface area contributed by atoms with Crippen molar-refractivity contribution in [2.45, 2.75) is 6.42 Å². The number of methoxy groups -OCH3 is 1. The minimum absolute atomic E-state index is 0.0363. The van der Waals surface area contributed by atoms with Crippen LogP contribution in [0.25, 0.3) is 0 Å². The number of nitriles is 1. The largest absolute Gasteiger partial charge is 0.497 e. The number of amides is 1. The van der Waals surface area contributed by atoms with Gasteiger partial charge < -0.3 is 15.4 Å². The normalized spacial score (nSPS) is 10.8. The number of halogens is 2. The second-order valence-electron chi connectivity index (χ2n) is 5.31. The minimum atomic E-state index is -0.525. The van der Waals surface area contributed by atoms with E-state index in [0.29, 0.717) is 22.3 Å². The third-order valence-corrected chi connectivity index (χ3v) is 4.25. The van der Waals surface area contributed by atoms with Crippen molar-refractivity contribution in [1.29, 1.82) is 5.26 Å². The Bertz CT molecular complexity index is 843. The maximum Gasteiger partial charge on any atom is 0.267 e. The average Bonchev–Trinajstić information content (AvgIpc) is 2.65. The first-order chi connectivity index (χ1) is 12.5. The molecule has 0 aromatic heterocycles. The molecule has 0 aliphatic carbocycles. The zero-order valence-corrected chi connectivity index (χ0v) is 15.6. The van der Waals surface area contributed by atoms with Crippen molar-refractivity contribution in [2.24, 2.45) is 0 Å². The van der Waals surface area contributed by atoms with E-state index in [4.69, 9.17) is 33.2 Å². The summed E-state index contributed by atoms with van der Waals surface area (Å²) in [5.41, 5.74) is 1.54. The number of hydrogen-bond acceptors (Lipinski definition) is 4. The second-order valence-corrected chi connectivity index (χ2v) is 6.12. The van der Waals surface area contributed by atoms with Gasteiger partial charge in [-0.3, -0.25) is 4.79 Å². The van der Waals surface area contributed by atoms with E-state index in [9.17, 15) is 4.79 Å². The number of nitrogens with one attached hydrogen (secondary N) is 2. The molecular weight excluding hydrogens is 373 g/mol. The Balaban J connectivity index is 1.88. The highest BCUT2D eigenvalue weighted by Gasteiger charge is 2.10. The number of nitrogens with zero attached hydrogens (tertiary/aromatic N) is 1. The van der Waals surface area contributed by atoms with Gasteiger partial charge in [-0.2, -0.15) is 5.26 Å². The van der Waals surface area contributed by atoms with Gasteiger partial charge in [-0.15, -0.1) is 0 Å². The van der Waals surface area contributed by atoms with Crippen LogP contribution in [-0.4, -0.2) is 19.6 Å². The highest BCUT2D eigenvalue weighted by molar-refractivity contribution is 6.42. The van der Waals surface area contributed by atoms with E-state index in [1.807, 2.05) is 30.3 Å². The molecule has 7 heteroatoms. The Morgan fingerprint density at radius 1 is 1.19 bits per heavy atom. The molecule has 2 rings (SSSR count). The van der Waals surface area contributed by atoms with Crippen LogP contribution >= 0.6 is 23.2 Å².